The predicted molar refractivity (Wildman–Crippen MR) is 110 cm³/mol. The van der Waals surface area contributed by atoms with Gasteiger partial charge in [-0.05, 0) is 42.5 Å². The molecule has 148 valence electrons. The number of hydrogen-bond donors (Lipinski definition) is 3. The summed E-state index contributed by atoms with van der Waals surface area (Å²) in [6.45, 7) is 0.882. The molecule has 8 nitrogen and oxygen atoms in total. The third-order valence-electron chi connectivity index (χ3n) is 4.17. The Morgan fingerprint density at radius 3 is 2.62 bits per heavy atom. The lowest BCUT2D eigenvalue weighted by atomic mass is 10.1. The van der Waals surface area contributed by atoms with Gasteiger partial charge in [-0.2, -0.15) is 0 Å². The predicted octanol–water partition coefficient (Wildman–Crippen LogP) is 2.53. The Labute approximate surface area is 170 Å². The summed E-state index contributed by atoms with van der Waals surface area (Å²) in [5, 5.41) is 7.54. The van der Waals surface area contributed by atoms with Gasteiger partial charge in [-0.15, -0.1) is 11.3 Å². The molecule has 29 heavy (non-hydrogen) atoms. The maximum Gasteiger partial charge on any atom is 0.251 e. The number of nitrogens with zero attached hydrogens (tertiary/aromatic N) is 1. The largest absolute Gasteiger partial charge is 0.486 e. The van der Waals surface area contributed by atoms with Crippen molar-refractivity contribution in [1.29, 1.82) is 0 Å². The number of aromatic nitrogens is 1. The topological polar surface area (TPSA) is 116 Å². The second-order valence-electron chi connectivity index (χ2n) is 6.25. The molecule has 0 saturated carbocycles. The number of benzene rings is 2. The maximum absolute atomic E-state index is 12.1. The van der Waals surface area contributed by atoms with Gasteiger partial charge in [-0.1, -0.05) is 0 Å². The van der Waals surface area contributed by atoms with E-state index in [1.165, 1.54) is 11.3 Å². The average Bonchev–Trinajstić information content (AvgIpc) is 3.20. The molecule has 0 radical (unpaired) electrons. The molecule has 0 unspecified atom stereocenters. The zero-order chi connectivity index (χ0) is 20.2. The van der Waals surface area contributed by atoms with Gasteiger partial charge in [0.15, 0.2) is 16.6 Å². The molecule has 0 fully saturated rings. The normalized spacial score (nSPS) is 12.3. The first kappa shape index (κ1) is 18.8. The van der Waals surface area contributed by atoms with Crippen molar-refractivity contribution in [3.05, 3.63) is 53.4 Å². The van der Waals surface area contributed by atoms with E-state index in [0.717, 1.165) is 5.56 Å². The molecule has 0 bridgehead atoms. The van der Waals surface area contributed by atoms with E-state index in [4.69, 9.17) is 15.2 Å². The van der Waals surface area contributed by atoms with Crippen LogP contribution in [0.4, 0.5) is 10.8 Å². The molecule has 3 aromatic rings. The summed E-state index contributed by atoms with van der Waals surface area (Å²) in [4.78, 5) is 28.6. The van der Waals surface area contributed by atoms with E-state index in [2.05, 4.69) is 15.6 Å². The number of thiazole rings is 1. The second kappa shape index (κ2) is 8.19. The van der Waals surface area contributed by atoms with Gasteiger partial charge in [0.2, 0.25) is 5.91 Å². The first-order valence-corrected chi connectivity index (χ1v) is 9.75. The summed E-state index contributed by atoms with van der Waals surface area (Å²) in [5.41, 5.74) is 8.18. The third kappa shape index (κ3) is 4.46. The second-order valence-corrected chi connectivity index (χ2v) is 7.11. The maximum atomic E-state index is 12.1. The minimum Gasteiger partial charge on any atom is -0.486 e. The Morgan fingerprint density at radius 2 is 1.83 bits per heavy atom. The number of rotatable bonds is 5. The van der Waals surface area contributed by atoms with E-state index in [9.17, 15) is 9.59 Å². The summed E-state index contributed by atoms with van der Waals surface area (Å²) >= 11 is 1.30. The Bertz CT molecular complexity index is 1050. The Balaban J connectivity index is 1.34. The molecule has 9 heteroatoms. The van der Waals surface area contributed by atoms with Crippen LogP contribution in [0.1, 0.15) is 10.4 Å². The molecule has 0 spiro atoms. The summed E-state index contributed by atoms with van der Waals surface area (Å²) in [6.07, 6.45) is 0. The zero-order valence-corrected chi connectivity index (χ0v) is 16.1. The van der Waals surface area contributed by atoms with Crippen molar-refractivity contribution >= 4 is 34.0 Å². The summed E-state index contributed by atoms with van der Waals surface area (Å²) in [5.74, 6) is 0.673. The smallest absolute Gasteiger partial charge is 0.251 e. The van der Waals surface area contributed by atoms with Crippen LogP contribution in [0.25, 0.3) is 11.3 Å². The van der Waals surface area contributed by atoms with Crippen LogP contribution in [0.5, 0.6) is 11.5 Å². The van der Waals surface area contributed by atoms with Crippen LogP contribution < -0.4 is 25.8 Å². The molecular formula is C20H18N4O4S. The number of nitrogens with two attached hydrogens (primary N) is 1. The number of hydrogen-bond acceptors (Lipinski definition) is 7. The lowest BCUT2D eigenvalue weighted by molar-refractivity contribution is -0.115. The molecule has 2 amide bonds. The minimum atomic E-state index is -0.364. The fourth-order valence-electron chi connectivity index (χ4n) is 2.73. The number of carbonyl (C=O) groups excluding carboxylic acids is 2. The average molecular weight is 410 g/mol. The van der Waals surface area contributed by atoms with Crippen molar-refractivity contribution in [2.45, 2.75) is 0 Å². The van der Waals surface area contributed by atoms with Gasteiger partial charge in [-0.25, -0.2) is 4.98 Å². The highest BCUT2D eigenvalue weighted by Crippen LogP contribution is 2.35. The molecule has 1 aromatic heterocycles. The van der Waals surface area contributed by atoms with Gasteiger partial charge in [0.25, 0.3) is 5.91 Å². The van der Waals surface area contributed by atoms with Crippen molar-refractivity contribution in [2.75, 3.05) is 30.8 Å². The fraction of sp³-hybridized carbons (Fsp3) is 0.150. The van der Waals surface area contributed by atoms with E-state index in [0.29, 0.717) is 46.8 Å². The number of amides is 2. The SMILES string of the molecule is Nc1ccc(C(=O)NCC(=O)Nc2nc(-c3ccc4c(c3)OCCO4)cs2)cc1. The van der Waals surface area contributed by atoms with Crippen LogP contribution in [0.2, 0.25) is 0 Å². The van der Waals surface area contributed by atoms with Crippen LogP contribution in [0.15, 0.2) is 47.8 Å². The van der Waals surface area contributed by atoms with E-state index in [1.54, 1.807) is 24.3 Å². The van der Waals surface area contributed by atoms with Crippen molar-refractivity contribution in [2.24, 2.45) is 0 Å². The van der Waals surface area contributed by atoms with E-state index in [1.807, 2.05) is 23.6 Å². The number of ether oxygens (including phenoxy) is 2. The molecule has 1 aliphatic heterocycles. The molecule has 2 aromatic carbocycles. The fourth-order valence-corrected chi connectivity index (χ4v) is 3.46. The minimum absolute atomic E-state index is 0.165. The van der Waals surface area contributed by atoms with Crippen molar-refractivity contribution in [3.63, 3.8) is 0 Å². The van der Waals surface area contributed by atoms with E-state index >= 15 is 0 Å². The molecule has 1 aliphatic rings. The van der Waals surface area contributed by atoms with Crippen LogP contribution >= 0.6 is 11.3 Å². The standard InChI is InChI=1S/C20H18N4O4S/c21-14-4-1-12(2-5-14)19(26)22-10-18(25)24-20-23-15(11-29-20)13-3-6-16-17(9-13)28-8-7-27-16/h1-6,9,11H,7-8,10,21H2,(H,22,26)(H,23,24,25). The highest BCUT2D eigenvalue weighted by atomic mass is 32.1. The Kier molecular flexibility index (Phi) is 5.30. The van der Waals surface area contributed by atoms with Gasteiger partial charge in [0.05, 0.1) is 12.2 Å². The lowest BCUT2D eigenvalue weighted by Gasteiger charge is -2.18. The van der Waals surface area contributed by atoms with Crippen molar-refractivity contribution < 1.29 is 19.1 Å². The lowest BCUT2D eigenvalue weighted by Crippen LogP contribution is -2.32. The van der Waals surface area contributed by atoms with Crippen LogP contribution in [-0.2, 0) is 4.79 Å². The van der Waals surface area contributed by atoms with Gasteiger partial charge in [0.1, 0.15) is 13.2 Å². The first-order valence-electron chi connectivity index (χ1n) is 8.87. The number of nitrogen functional groups attached to an aromatic ring is 1. The van der Waals surface area contributed by atoms with Gasteiger partial charge in [-0.3, -0.25) is 9.59 Å². The molecule has 0 atom stereocenters. The molecule has 0 saturated heterocycles. The molecule has 2 heterocycles. The summed E-state index contributed by atoms with van der Waals surface area (Å²) in [6, 6.07) is 12.1. The van der Waals surface area contributed by atoms with Gasteiger partial charge < -0.3 is 25.8 Å². The Hall–Kier alpha value is -3.59. The van der Waals surface area contributed by atoms with Crippen LogP contribution in [0.3, 0.4) is 0 Å². The number of anilines is 2. The number of fused-ring (bicyclic) bond motifs is 1. The molecule has 4 N–H and O–H groups in total. The quantitative estimate of drug-likeness (QED) is 0.557. The summed E-state index contributed by atoms with van der Waals surface area (Å²) in [7, 11) is 0. The van der Waals surface area contributed by atoms with Gasteiger partial charge >= 0.3 is 0 Å². The van der Waals surface area contributed by atoms with Crippen molar-refractivity contribution in [1.82, 2.24) is 10.3 Å². The first-order chi connectivity index (χ1) is 14.1. The molecule has 4 rings (SSSR count). The van der Waals surface area contributed by atoms with Crippen molar-refractivity contribution in [3.8, 4) is 22.8 Å². The molecule has 0 aliphatic carbocycles. The van der Waals surface area contributed by atoms with Crippen LogP contribution in [0, 0.1) is 0 Å². The van der Waals surface area contributed by atoms with E-state index in [-0.39, 0.29) is 18.4 Å². The summed E-state index contributed by atoms with van der Waals surface area (Å²) < 4.78 is 11.1. The highest BCUT2D eigenvalue weighted by Gasteiger charge is 2.15. The monoisotopic (exact) mass is 410 g/mol. The van der Waals surface area contributed by atoms with Gasteiger partial charge in [0, 0.05) is 22.2 Å². The zero-order valence-electron chi connectivity index (χ0n) is 15.3. The number of nitrogens with one attached hydrogen (secondary N) is 2. The third-order valence-corrected chi connectivity index (χ3v) is 4.93. The Morgan fingerprint density at radius 1 is 1.07 bits per heavy atom. The van der Waals surface area contributed by atoms with Crippen LogP contribution in [-0.4, -0.2) is 36.6 Å². The van der Waals surface area contributed by atoms with E-state index < -0.39 is 0 Å². The molecular weight excluding hydrogens is 392 g/mol. The number of carbonyl (C=O) groups is 2. The highest BCUT2D eigenvalue weighted by molar-refractivity contribution is 7.14.